The van der Waals surface area contributed by atoms with Crippen molar-refractivity contribution in [1.82, 2.24) is 10.2 Å². The van der Waals surface area contributed by atoms with Gasteiger partial charge in [-0.2, -0.15) is 0 Å². The first kappa shape index (κ1) is 21.8. The Hall–Kier alpha value is -2.37. The van der Waals surface area contributed by atoms with Gasteiger partial charge < -0.3 is 19.7 Å². The topological polar surface area (TPSA) is 50.8 Å². The predicted octanol–water partition coefficient (Wildman–Crippen LogP) is 3.84. The Morgan fingerprint density at radius 3 is 2.61 bits per heavy atom. The quantitative estimate of drug-likeness (QED) is 0.559. The van der Waals surface area contributed by atoms with E-state index in [1.165, 1.54) is 29.5 Å². The molecule has 0 spiro atoms. The molecule has 2 aliphatic rings. The SMILES string of the molecule is COCCCNCc1ccc2c(c1)C[C@H](N(C)C(=O)c1ccc(OCC3CC3)cc1)C2. The smallest absolute Gasteiger partial charge is 0.253 e. The van der Waals surface area contributed by atoms with Gasteiger partial charge in [-0.05, 0) is 85.5 Å². The zero-order valence-electron chi connectivity index (χ0n) is 18.7. The third kappa shape index (κ3) is 5.86. The molecule has 4 rings (SSSR count). The first-order valence-corrected chi connectivity index (χ1v) is 11.4. The molecule has 2 aromatic carbocycles. The van der Waals surface area contributed by atoms with Crippen LogP contribution in [0.1, 0.15) is 46.3 Å². The maximum absolute atomic E-state index is 13.0. The van der Waals surface area contributed by atoms with Crippen molar-refractivity contribution in [3.05, 3.63) is 64.7 Å². The minimum absolute atomic E-state index is 0.0755. The molecule has 5 nitrogen and oxygen atoms in total. The normalized spacial score (nSPS) is 17.4. The summed E-state index contributed by atoms with van der Waals surface area (Å²) in [4.78, 5) is 14.9. The molecule has 0 heterocycles. The fourth-order valence-electron chi connectivity index (χ4n) is 4.17. The Kier molecular flexibility index (Phi) is 7.25. The van der Waals surface area contributed by atoms with E-state index in [1.807, 2.05) is 36.2 Å². The molecule has 1 fully saturated rings. The van der Waals surface area contributed by atoms with Crippen molar-refractivity contribution in [2.24, 2.45) is 5.92 Å². The lowest BCUT2D eigenvalue weighted by atomic mass is 10.1. The standard InChI is InChI=1S/C26H34N2O3/c1-28(26(29)21-8-10-25(11-9-21)31-18-19-4-5-19)24-15-22-7-6-20(14-23(22)16-24)17-27-12-3-13-30-2/h6-11,14,19,24,27H,3-5,12-13,15-18H2,1-2H3/t24-/m1/s1. The number of carbonyl (C=O) groups is 1. The van der Waals surface area contributed by atoms with E-state index >= 15 is 0 Å². The molecular weight excluding hydrogens is 388 g/mol. The number of carbonyl (C=O) groups excluding carboxylic acids is 1. The molecule has 166 valence electrons. The van der Waals surface area contributed by atoms with Crippen LogP contribution in [-0.4, -0.2) is 50.8 Å². The molecule has 0 aromatic heterocycles. The molecule has 0 unspecified atom stereocenters. The van der Waals surface area contributed by atoms with Gasteiger partial charge in [0.15, 0.2) is 0 Å². The molecule has 1 atom stereocenters. The van der Waals surface area contributed by atoms with E-state index in [9.17, 15) is 4.79 Å². The van der Waals surface area contributed by atoms with Crippen molar-refractivity contribution >= 4 is 5.91 Å². The van der Waals surface area contributed by atoms with Gasteiger partial charge in [0.25, 0.3) is 5.91 Å². The summed E-state index contributed by atoms with van der Waals surface area (Å²) in [7, 11) is 3.66. The number of ether oxygens (including phenoxy) is 2. The minimum Gasteiger partial charge on any atom is -0.493 e. The monoisotopic (exact) mass is 422 g/mol. The molecular formula is C26H34N2O3. The molecule has 5 heteroatoms. The fraction of sp³-hybridized carbons (Fsp3) is 0.500. The number of hydrogen-bond acceptors (Lipinski definition) is 4. The number of fused-ring (bicyclic) bond motifs is 1. The van der Waals surface area contributed by atoms with E-state index in [0.717, 1.165) is 62.8 Å². The second-order valence-electron chi connectivity index (χ2n) is 8.88. The third-order valence-corrected chi connectivity index (χ3v) is 6.36. The first-order chi connectivity index (χ1) is 15.1. The van der Waals surface area contributed by atoms with Gasteiger partial charge in [-0.3, -0.25) is 4.79 Å². The van der Waals surface area contributed by atoms with Gasteiger partial charge in [0.05, 0.1) is 6.61 Å². The highest BCUT2D eigenvalue weighted by Crippen LogP contribution is 2.30. The van der Waals surface area contributed by atoms with Crippen LogP contribution in [0, 0.1) is 5.92 Å². The van der Waals surface area contributed by atoms with Crippen molar-refractivity contribution in [1.29, 1.82) is 0 Å². The molecule has 1 saturated carbocycles. The van der Waals surface area contributed by atoms with E-state index in [4.69, 9.17) is 9.47 Å². The van der Waals surface area contributed by atoms with E-state index in [0.29, 0.717) is 0 Å². The van der Waals surface area contributed by atoms with Crippen LogP contribution in [0.4, 0.5) is 0 Å². The van der Waals surface area contributed by atoms with Crippen molar-refractivity contribution in [3.8, 4) is 5.75 Å². The number of methoxy groups -OCH3 is 1. The lowest BCUT2D eigenvalue weighted by Crippen LogP contribution is -2.37. The fourth-order valence-corrected chi connectivity index (χ4v) is 4.17. The van der Waals surface area contributed by atoms with Crippen molar-refractivity contribution < 1.29 is 14.3 Å². The zero-order chi connectivity index (χ0) is 21.6. The number of amides is 1. The molecule has 0 bridgehead atoms. The number of rotatable bonds is 11. The van der Waals surface area contributed by atoms with Crippen molar-refractivity contribution in [2.75, 3.05) is 33.9 Å². The summed E-state index contributed by atoms with van der Waals surface area (Å²) >= 11 is 0. The van der Waals surface area contributed by atoms with E-state index in [2.05, 4.69) is 23.5 Å². The first-order valence-electron chi connectivity index (χ1n) is 11.4. The molecule has 0 aliphatic heterocycles. The van der Waals surface area contributed by atoms with Gasteiger partial charge in [0, 0.05) is 38.9 Å². The van der Waals surface area contributed by atoms with Gasteiger partial charge >= 0.3 is 0 Å². The third-order valence-electron chi connectivity index (χ3n) is 6.36. The highest BCUT2D eigenvalue weighted by Gasteiger charge is 2.28. The van der Waals surface area contributed by atoms with Crippen LogP contribution >= 0.6 is 0 Å². The molecule has 1 amide bonds. The van der Waals surface area contributed by atoms with Gasteiger partial charge in [-0.1, -0.05) is 18.2 Å². The van der Waals surface area contributed by atoms with Crippen LogP contribution in [0.5, 0.6) is 5.75 Å². The summed E-state index contributed by atoms with van der Waals surface area (Å²) in [5.41, 5.74) is 4.74. The second kappa shape index (κ2) is 10.3. The highest BCUT2D eigenvalue weighted by molar-refractivity contribution is 5.94. The van der Waals surface area contributed by atoms with Crippen molar-refractivity contribution in [2.45, 2.75) is 44.7 Å². The maximum Gasteiger partial charge on any atom is 0.253 e. The summed E-state index contributed by atoms with van der Waals surface area (Å²) in [6, 6.07) is 14.5. The van der Waals surface area contributed by atoms with E-state index in [1.54, 1.807) is 7.11 Å². The number of nitrogens with one attached hydrogen (secondary N) is 1. The zero-order valence-corrected chi connectivity index (χ0v) is 18.7. The van der Waals surface area contributed by atoms with Gasteiger partial charge in [-0.15, -0.1) is 0 Å². The Morgan fingerprint density at radius 1 is 1.10 bits per heavy atom. The Labute approximate surface area is 185 Å². The summed E-state index contributed by atoms with van der Waals surface area (Å²) in [5.74, 6) is 1.65. The summed E-state index contributed by atoms with van der Waals surface area (Å²) in [6.45, 7) is 3.40. The van der Waals surface area contributed by atoms with Crippen LogP contribution in [-0.2, 0) is 24.1 Å². The average molecular weight is 423 g/mol. The number of benzene rings is 2. The van der Waals surface area contributed by atoms with Crippen molar-refractivity contribution in [3.63, 3.8) is 0 Å². The molecule has 2 aromatic rings. The second-order valence-corrected chi connectivity index (χ2v) is 8.88. The van der Waals surface area contributed by atoms with E-state index < -0.39 is 0 Å². The minimum atomic E-state index is 0.0755. The molecule has 1 N–H and O–H groups in total. The number of hydrogen-bond donors (Lipinski definition) is 1. The number of nitrogens with zero attached hydrogens (tertiary/aromatic N) is 1. The van der Waals surface area contributed by atoms with Gasteiger partial charge in [-0.25, -0.2) is 0 Å². The highest BCUT2D eigenvalue weighted by atomic mass is 16.5. The summed E-state index contributed by atoms with van der Waals surface area (Å²) < 4.78 is 10.9. The van der Waals surface area contributed by atoms with Crippen LogP contribution in [0.25, 0.3) is 0 Å². The van der Waals surface area contributed by atoms with Crippen LogP contribution in [0.15, 0.2) is 42.5 Å². The van der Waals surface area contributed by atoms with Crippen LogP contribution < -0.4 is 10.1 Å². The summed E-state index contributed by atoms with van der Waals surface area (Å²) in [6.07, 6.45) is 5.40. The Morgan fingerprint density at radius 2 is 1.87 bits per heavy atom. The van der Waals surface area contributed by atoms with Crippen LogP contribution in [0.2, 0.25) is 0 Å². The molecule has 0 saturated heterocycles. The van der Waals surface area contributed by atoms with Gasteiger partial charge in [0.2, 0.25) is 0 Å². The molecule has 31 heavy (non-hydrogen) atoms. The van der Waals surface area contributed by atoms with Gasteiger partial charge in [0.1, 0.15) is 5.75 Å². The largest absolute Gasteiger partial charge is 0.493 e. The lowest BCUT2D eigenvalue weighted by Gasteiger charge is -2.24. The lowest BCUT2D eigenvalue weighted by molar-refractivity contribution is 0.0737. The molecule has 2 aliphatic carbocycles. The Bertz CT molecular complexity index is 877. The van der Waals surface area contributed by atoms with E-state index in [-0.39, 0.29) is 11.9 Å². The Balaban J connectivity index is 1.29. The van der Waals surface area contributed by atoms with Crippen LogP contribution in [0.3, 0.4) is 0 Å². The molecule has 0 radical (unpaired) electrons. The number of likely N-dealkylation sites (N-methyl/N-ethyl adjacent to an activating group) is 1. The maximum atomic E-state index is 13.0. The summed E-state index contributed by atoms with van der Waals surface area (Å²) in [5, 5.41) is 3.47. The predicted molar refractivity (Wildman–Crippen MR) is 123 cm³/mol. The average Bonchev–Trinajstić information content (AvgIpc) is 3.53.